The molecule has 0 saturated heterocycles. The van der Waals surface area contributed by atoms with E-state index in [-0.39, 0.29) is 18.3 Å². The van der Waals surface area contributed by atoms with E-state index in [1.807, 2.05) is 6.92 Å². The fourth-order valence-electron chi connectivity index (χ4n) is 1.29. The molecule has 2 N–H and O–H groups in total. The van der Waals surface area contributed by atoms with Crippen LogP contribution in [0.4, 0.5) is 10.1 Å². The summed E-state index contributed by atoms with van der Waals surface area (Å²) in [6, 6.07) is 4.83. The molecule has 0 atom stereocenters. The highest BCUT2D eigenvalue weighted by molar-refractivity contribution is 5.80. The van der Waals surface area contributed by atoms with E-state index in [0.29, 0.717) is 18.8 Å². The van der Waals surface area contributed by atoms with Crippen LogP contribution in [0.2, 0.25) is 0 Å². The van der Waals surface area contributed by atoms with E-state index >= 15 is 0 Å². The first kappa shape index (κ1) is 13.4. The summed E-state index contributed by atoms with van der Waals surface area (Å²) in [7, 11) is 1.56. The fourth-order valence-corrected chi connectivity index (χ4v) is 1.29. The summed E-state index contributed by atoms with van der Waals surface area (Å²) >= 11 is 0. The number of anilines is 1. The Morgan fingerprint density at radius 2 is 2.24 bits per heavy atom. The number of halogens is 1. The fraction of sp³-hybridized carbons (Fsp3) is 0.417. The van der Waals surface area contributed by atoms with Crippen molar-refractivity contribution >= 4 is 11.6 Å². The number of carbonyl (C=O) groups is 1. The highest BCUT2D eigenvalue weighted by Gasteiger charge is 2.04. The standard InChI is InChI=1S/C12H17FN2O2/c1-9-3-4-11(10(13)7-9)15-8-12(16)14-5-6-17-2/h3-4,7,15H,5-6,8H2,1-2H3,(H,14,16). The molecule has 1 aromatic carbocycles. The van der Waals surface area contributed by atoms with Crippen LogP contribution in [0.1, 0.15) is 5.56 Å². The zero-order chi connectivity index (χ0) is 12.7. The predicted octanol–water partition coefficient (Wildman–Crippen LogP) is 1.31. The summed E-state index contributed by atoms with van der Waals surface area (Å²) < 4.78 is 18.2. The number of hydrogen-bond donors (Lipinski definition) is 2. The van der Waals surface area contributed by atoms with Crippen LogP contribution in [0.5, 0.6) is 0 Å². The van der Waals surface area contributed by atoms with E-state index in [1.54, 1.807) is 19.2 Å². The quantitative estimate of drug-likeness (QED) is 0.737. The number of hydrogen-bond acceptors (Lipinski definition) is 3. The molecule has 94 valence electrons. The Morgan fingerprint density at radius 1 is 1.47 bits per heavy atom. The van der Waals surface area contributed by atoms with E-state index in [4.69, 9.17) is 4.74 Å². The third kappa shape index (κ3) is 4.82. The van der Waals surface area contributed by atoms with Crippen molar-refractivity contribution in [1.82, 2.24) is 5.32 Å². The van der Waals surface area contributed by atoms with Gasteiger partial charge >= 0.3 is 0 Å². The second-order valence-corrected chi connectivity index (χ2v) is 3.68. The molecule has 0 aliphatic rings. The Hall–Kier alpha value is -1.62. The second-order valence-electron chi connectivity index (χ2n) is 3.68. The lowest BCUT2D eigenvalue weighted by molar-refractivity contribution is -0.119. The summed E-state index contributed by atoms with van der Waals surface area (Å²) in [6.45, 7) is 2.77. The zero-order valence-corrected chi connectivity index (χ0v) is 10.0. The molecule has 0 radical (unpaired) electrons. The maximum Gasteiger partial charge on any atom is 0.239 e. The van der Waals surface area contributed by atoms with Gasteiger partial charge in [-0.3, -0.25) is 4.79 Å². The minimum Gasteiger partial charge on any atom is -0.383 e. The molecule has 0 fully saturated rings. The SMILES string of the molecule is COCCNC(=O)CNc1ccc(C)cc1F. The van der Waals surface area contributed by atoms with Gasteiger partial charge in [0.05, 0.1) is 18.8 Å². The van der Waals surface area contributed by atoms with Crippen molar-refractivity contribution in [3.8, 4) is 0 Å². The van der Waals surface area contributed by atoms with Crippen LogP contribution in [0.15, 0.2) is 18.2 Å². The normalized spacial score (nSPS) is 10.1. The number of nitrogens with one attached hydrogen (secondary N) is 2. The van der Waals surface area contributed by atoms with Crippen molar-refractivity contribution in [3.63, 3.8) is 0 Å². The van der Waals surface area contributed by atoms with Crippen molar-refractivity contribution in [3.05, 3.63) is 29.6 Å². The van der Waals surface area contributed by atoms with Gasteiger partial charge in [0, 0.05) is 13.7 Å². The lowest BCUT2D eigenvalue weighted by atomic mass is 10.2. The van der Waals surface area contributed by atoms with Gasteiger partial charge in [-0.05, 0) is 24.6 Å². The summed E-state index contributed by atoms with van der Waals surface area (Å²) in [6.07, 6.45) is 0. The van der Waals surface area contributed by atoms with E-state index in [9.17, 15) is 9.18 Å². The van der Waals surface area contributed by atoms with Crippen LogP contribution in [-0.2, 0) is 9.53 Å². The highest BCUT2D eigenvalue weighted by Crippen LogP contribution is 2.14. The largest absolute Gasteiger partial charge is 0.383 e. The Balaban J connectivity index is 2.37. The Labute approximate surface area is 100 Å². The molecular weight excluding hydrogens is 223 g/mol. The first-order valence-electron chi connectivity index (χ1n) is 5.39. The van der Waals surface area contributed by atoms with Crippen LogP contribution in [-0.4, -0.2) is 32.7 Å². The third-order valence-electron chi connectivity index (χ3n) is 2.19. The maximum atomic E-state index is 13.4. The van der Waals surface area contributed by atoms with Crippen molar-refractivity contribution in [2.45, 2.75) is 6.92 Å². The number of methoxy groups -OCH3 is 1. The van der Waals surface area contributed by atoms with Gasteiger partial charge in [-0.2, -0.15) is 0 Å². The molecule has 0 aliphatic heterocycles. The molecule has 1 aromatic rings. The molecule has 0 heterocycles. The number of aryl methyl sites for hydroxylation is 1. The third-order valence-corrected chi connectivity index (χ3v) is 2.19. The molecule has 0 aromatic heterocycles. The van der Waals surface area contributed by atoms with E-state index < -0.39 is 0 Å². The molecule has 0 unspecified atom stereocenters. The lowest BCUT2D eigenvalue weighted by Gasteiger charge is -2.08. The van der Waals surface area contributed by atoms with Gasteiger partial charge in [0.2, 0.25) is 5.91 Å². The van der Waals surface area contributed by atoms with E-state index in [2.05, 4.69) is 10.6 Å². The smallest absolute Gasteiger partial charge is 0.239 e. The molecule has 5 heteroatoms. The number of rotatable bonds is 6. The molecule has 0 saturated carbocycles. The van der Waals surface area contributed by atoms with Gasteiger partial charge in [0.15, 0.2) is 0 Å². The summed E-state index contributed by atoms with van der Waals surface area (Å²) in [4.78, 5) is 11.3. The maximum absolute atomic E-state index is 13.4. The van der Waals surface area contributed by atoms with Crippen LogP contribution in [0, 0.1) is 12.7 Å². The van der Waals surface area contributed by atoms with Crippen LogP contribution < -0.4 is 10.6 Å². The number of benzene rings is 1. The average Bonchev–Trinajstić information content (AvgIpc) is 2.28. The van der Waals surface area contributed by atoms with Gasteiger partial charge in [0.25, 0.3) is 0 Å². The summed E-state index contributed by atoms with van der Waals surface area (Å²) in [5.41, 5.74) is 1.18. The number of ether oxygens (including phenoxy) is 1. The molecule has 17 heavy (non-hydrogen) atoms. The van der Waals surface area contributed by atoms with Crippen LogP contribution >= 0.6 is 0 Å². The Morgan fingerprint density at radius 3 is 2.88 bits per heavy atom. The van der Waals surface area contributed by atoms with Gasteiger partial charge in [-0.25, -0.2) is 4.39 Å². The minimum absolute atomic E-state index is 0.0453. The van der Waals surface area contributed by atoms with Crippen molar-refractivity contribution in [1.29, 1.82) is 0 Å². The molecule has 0 bridgehead atoms. The van der Waals surface area contributed by atoms with Crippen LogP contribution in [0.25, 0.3) is 0 Å². The molecule has 0 aliphatic carbocycles. The van der Waals surface area contributed by atoms with Gasteiger partial charge in [-0.1, -0.05) is 6.07 Å². The zero-order valence-electron chi connectivity index (χ0n) is 10.0. The van der Waals surface area contributed by atoms with E-state index in [0.717, 1.165) is 5.56 Å². The van der Waals surface area contributed by atoms with E-state index in [1.165, 1.54) is 6.07 Å². The number of carbonyl (C=O) groups excluding carboxylic acids is 1. The Bertz CT molecular complexity index is 383. The molecular formula is C12H17FN2O2. The van der Waals surface area contributed by atoms with Crippen molar-refractivity contribution in [2.24, 2.45) is 0 Å². The first-order chi connectivity index (χ1) is 8.13. The van der Waals surface area contributed by atoms with Crippen LogP contribution in [0.3, 0.4) is 0 Å². The van der Waals surface area contributed by atoms with Crippen molar-refractivity contribution < 1.29 is 13.9 Å². The molecule has 4 nitrogen and oxygen atoms in total. The number of amides is 1. The average molecular weight is 240 g/mol. The molecule has 0 spiro atoms. The second kappa shape index (κ2) is 6.85. The molecule has 1 amide bonds. The minimum atomic E-state index is -0.352. The summed E-state index contributed by atoms with van der Waals surface area (Å²) in [5, 5.41) is 5.37. The highest BCUT2D eigenvalue weighted by atomic mass is 19.1. The predicted molar refractivity (Wildman–Crippen MR) is 64.5 cm³/mol. The first-order valence-corrected chi connectivity index (χ1v) is 5.39. The Kier molecular flexibility index (Phi) is 5.42. The van der Waals surface area contributed by atoms with Gasteiger partial charge in [0.1, 0.15) is 5.82 Å². The topological polar surface area (TPSA) is 50.4 Å². The molecule has 1 rings (SSSR count). The van der Waals surface area contributed by atoms with Gasteiger partial charge < -0.3 is 15.4 Å². The monoisotopic (exact) mass is 240 g/mol. The summed E-state index contributed by atoms with van der Waals surface area (Å²) in [5.74, 6) is -0.545. The lowest BCUT2D eigenvalue weighted by Crippen LogP contribution is -2.32. The van der Waals surface area contributed by atoms with Gasteiger partial charge in [-0.15, -0.1) is 0 Å². The van der Waals surface area contributed by atoms with Crippen molar-refractivity contribution in [2.75, 3.05) is 32.1 Å².